The third-order valence-corrected chi connectivity index (χ3v) is 3.73. The van der Waals surface area contributed by atoms with Gasteiger partial charge in [0.2, 0.25) is 0 Å². The maximum Gasteiger partial charge on any atom is 0.303 e. The maximum absolute atomic E-state index is 14.0. The van der Waals surface area contributed by atoms with Crippen LogP contribution in [0.3, 0.4) is 0 Å². The van der Waals surface area contributed by atoms with E-state index in [0.717, 1.165) is 18.9 Å². The molecule has 1 fully saturated rings. The molecule has 0 amide bonds. The van der Waals surface area contributed by atoms with Crippen molar-refractivity contribution in [3.63, 3.8) is 0 Å². The fraction of sp³-hybridized carbons (Fsp3) is 0.533. The predicted molar refractivity (Wildman–Crippen MR) is 68.2 cm³/mol. The molecule has 2 nitrogen and oxygen atoms in total. The Balaban J connectivity index is 2.47. The maximum atomic E-state index is 14.0. The van der Waals surface area contributed by atoms with Gasteiger partial charge >= 0.3 is 5.97 Å². The van der Waals surface area contributed by atoms with Crippen LogP contribution in [0.25, 0.3) is 0 Å². The molecule has 0 aromatic heterocycles. The Morgan fingerprint density at radius 3 is 2.45 bits per heavy atom. The molecule has 0 saturated heterocycles. The Morgan fingerprint density at radius 2 is 2.00 bits per heavy atom. The Hall–Kier alpha value is -1.52. The monoisotopic (exact) mass is 286 g/mol. The zero-order chi connectivity index (χ0) is 15.1. The summed E-state index contributed by atoms with van der Waals surface area (Å²) in [5, 5.41) is 8.92. The first-order valence-corrected chi connectivity index (χ1v) is 6.60. The lowest BCUT2D eigenvalue weighted by molar-refractivity contribution is -0.137. The van der Waals surface area contributed by atoms with E-state index in [1.165, 1.54) is 19.9 Å². The van der Waals surface area contributed by atoms with Crippen molar-refractivity contribution in [2.75, 3.05) is 0 Å². The van der Waals surface area contributed by atoms with Gasteiger partial charge < -0.3 is 5.11 Å². The molecule has 20 heavy (non-hydrogen) atoms. The van der Waals surface area contributed by atoms with Crippen molar-refractivity contribution < 1.29 is 23.1 Å². The largest absolute Gasteiger partial charge is 0.481 e. The van der Waals surface area contributed by atoms with Crippen LogP contribution in [0.4, 0.5) is 13.2 Å². The minimum Gasteiger partial charge on any atom is -0.481 e. The van der Waals surface area contributed by atoms with Gasteiger partial charge in [-0.05, 0) is 55.9 Å². The molecule has 1 aromatic carbocycles. The minimum absolute atomic E-state index is 0.0179. The fourth-order valence-electron chi connectivity index (χ4n) is 2.44. The average Bonchev–Trinajstić information content (AvgIpc) is 3.12. The SMILES string of the molecule is CC(C)(F)c1cc(F)c(F)c(C(CC(=O)O)C2CC2)c1. The van der Waals surface area contributed by atoms with Crippen molar-refractivity contribution in [1.29, 1.82) is 0 Å². The number of carbonyl (C=O) groups is 1. The summed E-state index contributed by atoms with van der Waals surface area (Å²) in [5.41, 5.74) is -1.79. The number of carboxylic acids is 1. The van der Waals surface area contributed by atoms with E-state index >= 15 is 0 Å². The van der Waals surface area contributed by atoms with Gasteiger partial charge in [0.25, 0.3) is 0 Å². The molecule has 0 aliphatic heterocycles. The predicted octanol–water partition coefficient (Wildman–Crippen LogP) is 4.14. The second-order valence-electron chi connectivity index (χ2n) is 5.88. The number of aliphatic carboxylic acids is 1. The van der Waals surface area contributed by atoms with Crippen LogP contribution in [0.1, 0.15) is 50.2 Å². The van der Waals surface area contributed by atoms with Crippen LogP contribution in [0.2, 0.25) is 0 Å². The van der Waals surface area contributed by atoms with Crippen LogP contribution in [0.15, 0.2) is 12.1 Å². The molecule has 0 spiro atoms. The number of halogens is 3. The highest BCUT2D eigenvalue weighted by atomic mass is 19.2. The van der Waals surface area contributed by atoms with E-state index < -0.39 is 29.2 Å². The van der Waals surface area contributed by atoms with Crippen LogP contribution in [-0.2, 0) is 10.5 Å². The molecular formula is C15H17F3O2. The third kappa shape index (κ3) is 3.14. The van der Waals surface area contributed by atoms with Gasteiger partial charge in [0.05, 0.1) is 6.42 Å². The molecule has 0 radical (unpaired) electrons. The highest BCUT2D eigenvalue weighted by molar-refractivity contribution is 5.68. The van der Waals surface area contributed by atoms with Crippen LogP contribution in [0.5, 0.6) is 0 Å². The Kier molecular flexibility index (Phi) is 3.80. The van der Waals surface area contributed by atoms with Crippen molar-refractivity contribution in [2.24, 2.45) is 5.92 Å². The van der Waals surface area contributed by atoms with Gasteiger partial charge in [-0.25, -0.2) is 13.2 Å². The molecule has 1 aromatic rings. The van der Waals surface area contributed by atoms with E-state index in [0.29, 0.717) is 0 Å². The summed E-state index contributed by atoms with van der Waals surface area (Å²) in [5.74, 6) is -3.80. The lowest BCUT2D eigenvalue weighted by atomic mass is 9.87. The normalized spacial score (nSPS) is 17.1. The summed E-state index contributed by atoms with van der Waals surface area (Å²) in [6.45, 7) is 2.51. The van der Waals surface area contributed by atoms with Crippen molar-refractivity contribution in [3.8, 4) is 0 Å². The average molecular weight is 286 g/mol. The van der Waals surface area contributed by atoms with Crippen molar-refractivity contribution in [1.82, 2.24) is 0 Å². The number of carboxylic acid groups (broad SMARTS) is 1. The summed E-state index contributed by atoms with van der Waals surface area (Å²) in [6, 6.07) is 2.11. The summed E-state index contributed by atoms with van der Waals surface area (Å²) >= 11 is 0. The van der Waals surface area contributed by atoms with Gasteiger partial charge in [0.1, 0.15) is 5.67 Å². The molecule has 2 rings (SSSR count). The molecule has 1 aliphatic carbocycles. The van der Waals surface area contributed by atoms with E-state index in [1.54, 1.807) is 0 Å². The summed E-state index contributed by atoms with van der Waals surface area (Å²) in [7, 11) is 0. The number of hydrogen-bond acceptors (Lipinski definition) is 1. The summed E-state index contributed by atoms with van der Waals surface area (Å²) < 4.78 is 41.6. The molecule has 1 unspecified atom stereocenters. The molecule has 0 bridgehead atoms. The smallest absolute Gasteiger partial charge is 0.303 e. The first kappa shape index (κ1) is 14.9. The van der Waals surface area contributed by atoms with Crippen molar-refractivity contribution in [3.05, 3.63) is 34.9 Å². The molecule has 110 valence electrons. The van der Waals surface area contributed by atoms with Crippen LogP contribution < -0.4 is 0 Å². The first-order chi connectivity index (χ1) is 9.20. The summed E-state index contributed by atoms with van der Waals surface area (Å²) in [6.07, 6.45) is 1.32. The quantitative estimate of drug-likeness (QED) is 0.883. The fourth-order valence-corrected chi connectivity index (χ4v) is 2.44. The van der Waals surface area contributed by atoms with Crippen LogP contribution in [-0.4, -0.2) is 11.1 Å². The lowest BCUT2D eigenvalue weighted by Crippen LogP contribution is -2.15. The van der Waals surface area contributed by atoms with E-state index in [2.05, 4.69) is 0 Å². The molecule has 1 N–H and O–H groups in total. The molecule has 1 atom stereocenters. The van der Waals surface area contributed by atoms with Gasteiger partial charge in [-0.2, -0.15) is 0 Å². The minimum atomic E-state index is -1.80. The number of rotatable bonds is 5. The van der Waals surface area contributed by atoms with Gasteiger partial charge in [0.15, 0.2) is 11.6 Å². The van der Waals surface area contributed by atoms with E-state index in [4.69, 9.17) is 5.11 Å². The number of alkyl halides is 1. The Bertz CT molecular complexity index is 531. The molecule has 5 heteroatoms. The Labute approximate surface area is 115 Å². The molecule has 0 heterocycles. The topological polar surface area (TPSA) is 37.3 Å². The lowest BCUT2D eigenvalue weighted by Gasteiger charge is -2.21. The molecule has 1 saturated carbocycles. The van der Waals surface area contributed by atoms with E-state index in [9.17, 15) is 18.0 Å². The highest BCUT2D eigenvalue weighted by Gasteiger charge is 2.37. The van der Waals surface area contributed by atoms with Crippen molar-refractivity contribution >= 4 is 5.97 Å². The molecular weight excluding hydrogens is 269 g/mol. The summed E-state index contributed by atoms with van der Waals surface area (Å²) in [4.78, 5) is 10.9. The first-order valence-electron chi connectivity index (χ1n) is 6.60. The third-order valence-electron chi connectivity index (χ3n) is 3.73. The second kappa shape index (κ2) is 5.11. The Morgan fingerprint density at radius 1 is 1.40 bits per heavy atom. The standard InChI is InChI=1S/C15H17F3O2/c1-15(2,18)9-5-11(14(17)12(16)6-9)10(7-13(19)20)8-3-4-8/h5-6,8,10H,3-4,7H2,1-2H3,(H,19,20). The number of hydrogen-bond donors (Lipinski definition) is 1. The second-order valence-corrected chi connectivity index (χ2v) is 5.88. The van der Waals surface area contributed by atoms with Crippen LogP contribution in [0, 0.1) is 17.6 Å². The van der Waals surface area contributed by atoms with Crippen LogP contribution >= 0.6 is 0 Å². The van der Waals surface area contributed by atoms with Crippen molar-refractivity contribution in [2.45, 2.75) is 44.7 Å². The van der Waals surface area contributed by atoms with Gasteiger partial charge in [0, 0.05) is 5.92 Å². The van der Waals surface area contributed by atoms with Gasteiger partial charge in [-0.15, -0.1) is 0 Å². The zero-order valence-corrected chi connectivity index (χ0v) is 11.4. The van der Waals surface area contributed by atoms with Gasteiger partial charge in [-0.1, -0.05) is 0 Å². The van der Waals surface area contributed by atoms with E-state index in [1.807, 2.05) is 0 Å². The zero-order valence-electron chi connectivity index (χ0n) is 11.4. The molecule has 1 aliphatic rings. The van der Waals surface area contributed by atoms with E-state index in [-0.39, 0.29) is 23.5 Å². The highest BCUT2D eigenvalue weighted by Crippen LogP contribution is 2.46. The number of benzene rings is 1. The van der Waals surface area contributed by atoms with Gasteiger partial charge in [-0.3, -0.25) is 4.79 Å².